The molecule has 0 bridgehead atoms. The van der Waals surface area contributed by atoms with E-state index in [0.29, 0.717) is 30.8 Å². The van der Waals surface area contributed by atoms with E-state index in [9.17, 15) is 19.7 Å². The Morgan fingerprint density at radius 3 is 2.42 bits per heavy atom. The number of benzene rings is 2. The van der Waals surface area contributed by atoms with Crippen molar-refractivity contribution in [3.8, 4) is 0 Å². The minimum atomic E-state index is -0.605. The Kier molecular flexibility index (Phi) is 6.81. The van der Waals surface area contributed by atoms with Gasteiger partial charge in [-0.3, -0.25) is 19.7 Å². The van der Waals surface area contributed by atoms with Gasteiger partial charge in [0.05, 0.1) is 4.92 Å². The summed E-state index contributed by atoms with van der Waals surface area (Å²) < 4.78 is 4.91. The van der Waals surface area contributed by atoms with Crippen LogP contribution in [0, 0.1) is 10.1 Å². The number of amides is 2. The predicted octanol–water partition coefficient (Wildman–Crippen LogP) is 2.61. The molecule has 0 aliphatic carbocycles. The Hall–Kier alpha value is -3.26. The second kappa shape index (κ2) is 9.28. The lowest BCUT2D eigenvalue weighted by atomic mass is 10.1. The third-order valence-electron chi connectivity index (χ3n) is 3.56. The van der Waals surface area contributed by atoms with Gasteiger partial charge in [-0.15, -0.1) is 0 Å². The van der Waals surface area contributed by atoms with Crippen LogP contribution in [0.2, 0.25) is 0 Å². The second-order valence-corrected chi connectivity index (χ2v) is 5.41. The van der Waals surface area contributed by atoms with Gasteiger partial charge in [-0.25, -0.2) is 0 Å². The second-order valence-electron chi connectivity index (χ2n) is 5.41. The van der Waals surface area contributed by atoms with Crippen LogP contribution in [-0.2, 0) is 4.74 Å². The van der Waals surface area contributed by atoms with E-state index in [2.05, 4.69) is 10.6 Å². The van der Waals surface area contributed by atoms with Gasteiger partial charge in [0, 0.05) is 37.6 Å². The fraction of sp³-hybridized carbons (Fsp3) is 0.222. The number of nitro groups is 1. The normalized spacial score (nSPS) is 10.2. The van der Waals surface area contributed by atoms with Crippen LogP contribution >= 0.6 is 0 Å². The van der Waals surface area contributed by atoms with Gasteiger partial charge in [0.2, 0.25) is 0 Å². The summed E-state index contributed by atoms with van der Waals surface area (Å²) in [5, 5.41) is 16.3. The Bertz CT molecular complexity index is 790. The third-order valence-corrected chi connectivity index (χ3v) is 3.56. The fourth-order valence-corrected chi connectivity index (χ4v) is 2.25. The van der Waals surface area contributed by atoms with Gasteiger partial charge < -0.3 is 15.4 Å². The molecule has 136 valence electrons. The first kappa shape index (κ1) is 19.1. The fourth-order valence-electron chi connectivity index (χ4n) is 2.25. The number of para-hydroxylation sites is 1. The number of methoxy groups -OCH3 is 1. The van der Waals surface area contributed by atoms with Gasteiger partial charge in [0.1, 0.15) is 5.56 Å². The summed E-state index contributed by atoms with van der Waals surface area (Å²) in [6.45, 7) is 1.07. The summed E-state index contributed by atoms with van der Waals surface area (Å²) in [7, 11) is 1.60. The van der Waals surface area contributed by atoms with Crippen molar-refractivity contribution in [2.24, 2.45) is 0 Å². The molecule has 0 aliphatic rings. The summed E-state index contributed by atoms with van der Waals surface area (Å²) in [6, 6.07) is 12.0. The lowest BCUT2D eigenvalue weighted by molar-refractivity contribution is -0.385. The van der Waals surface area contributed by atoms with Crippen molar-refractivity contribution < 1.29 is 19.2 Å². The Balaban J connectivity index is 2.00. The molecule has 2 aromatic carbocycles. The van der Waals surface area contributed by atoms with Crippen molar-refractivity contribution in [2.75, 3.05) is 25.6 Å². The zero-order valence-electron chi connectivity index (χ0n) is 14.2. The van der Waals surface area contributed by atoms with E-state index in [-0.39, 0.29) is 17.2 Å². The molecule has 8 heteroatoms. The van der Waals surface area contributed by atoms with E-state index < -0.39 is 10.8 Å². The predicted molar refractivity (Wildman–Crippen MR) is 96.3 cm³/mol. The summed E-state index contributed by atoms with van der Waals surface area (Å²) in [5.74, 6) is -0.813. The van der Waals surface area contributed by atoms with Crippen LogP contribution in [0.5, 0.6) is 0 Å². The molecule has 0 radical (unpaired) electrons. The van der Waals surface area contributed by atoms with Crippen molar-refractivity contribution in [3.63, 3.8) is 0 Å². The quantitative estimate of drug-likeness (QED) is 0.429. The van der Waals surface area contributed by atoms with Crippen LogP contribution in [0.15, 0.2) is 48.5 Å². The molecular formula is C18H19N3O5. The average Bonchev–Trinajstić information content (AvgIpc) is 2.65. The number of nitro benzene ring substituents is 1. The van der Waals surface area contributed by atoms with E-state index in [1.54, 1.807) is 37.4 Å². The zero-order valence-corrected chi connectivity index (χ0v) is 14.2. The summed E-state index contributed by atoms with van der Waals surface area (Å²) in [6.07, 6.45) is 0.715. The van der Waals surface area contributed by atoms with Crippen LogP contribution < -0.4 is 10.6 Å². The van der Waals surface area contributed by atoms with Crippen LogP contribution in [0.1, 0.15) is 27.1 Å². The van der Waals surface area contributed by atoms with E-state index in [1.165, 1.54) is 18.2 Å². The molecule has 2 rings (SSSR count). The van der Waals surface area contributed by atoms with Crippen LogP contribution in [-0.4, -0.2) is 37.0 Å². The van der Waals surface area contributed by atoms with Gasteiger partial charge in [-0.2, -0.15) is 0 Å². The average molecular weight is 357 g/mol. The van der Waals surface area contributed by atoms with Gasteiger partial charge in [-0.1, -0.05) is 12.1 Å². The van der Waals surface area contributed by atoms with Crippen molar-refractivity contribution in [2.45, 2.75) is 6.42 Å². The first-order valence-corrected chi connectivity index (χ1v) is 7.95. The Morgan fingerprint density at radius 1 is 1.08 bits per heavy atom. The molecule has 8 nitrogen and oxygen atoms in total. The highest BCUT2D eigenvalue weighted by atomic mass is 16.6. The summed E-state index contributed by atoms with van der Waals surface area (Å²) >= 11 is 0. The Labute approximate surface area is 150 Å². The maximum Gasteiger partial charge on any atom is 0.282 e. The number of carbonyl (C=O) groups excluding carboxylic acids is 2. The highest BCUT2D eigenvalue weighted by molar-refractivity contribution is 6.07. The molecule has 0 spiro atoms. The van der Waals surface area contributed by atoms with E-state index in [0.717, 1.165) is 0 Å². The lowest BCUT2D eigenvalue weighted by Crippen LogP contribution is -2.25. The lowest BCUT2D eigenvalue weighted by Gasteiger charge is -2.08. The SMILES string of the molecule is COCCCNC(=O)c1ccc(NC(=O)c2ccccc2[N+](=O)[O-])cc1. The molecule has 0 atom stereocenters. The van der Waals surface area contributed by atoms with Crippen LogP contribution in [0.25, 0.3) is 0 Å². The van der Waals surface area contributed by atoms with Gasteiger partial charge in [0.25, 0.3) is 17.5 Å². The molecular weight excluding hydrogens is 338 g/mol. The molecule has 0 aromatic heterocycles. The minimum Gasteiger partial charge on any atom is -0.385 e. The zero-order chi connectivity index (χ0) is 18.9. The van der Waals surface area contributed by atoms with E-state index in [1.807, 2.05) is 0 Å². The molecule has 0 saturated heterocycles. The molecule has 2 N–H and O–H groups in total. The van der Waals surface area contributed by atoms with Crippen molar-refractivity contribution >= 4 is 23.2 Å². The molecule has 2 amide bonds. The molecule has 0 fully saturated rings. The third kappa shape index (κ3) is 5.12. The first-order chi connectivity index (χ1) is 12.5. The van der Waals surface area contributed by atoms with Crippen molar-refractivity contribution in [1.82, 2.24) is 5.32 Å². The van der Waals surface area contributed by atoms with Gasteiger partial charge in [-0.05, 0) is 36.8 Å². The highest BCUT2D eigenvalue weighted by Crippen LogP contribution is 2.19. The van der Waals surface area contributed by atoms with E-state index in [4.69, 9.17) is 4.74 Å². The maximum absolute atomic E-state index is 12.3. The summed E-state index contributed by atoms with van der Waals surface area (Å²) in [5.41, 5.74) is 0.588. The molecule has 0 heterocycles. The molecule has 26 heavy (non-hydrogen) atoms. The maximum atomic E-state index is 12.3. The molecule has 0 aliphatic heterocycles. The number of nitrogens with one attached hydrogen (secondary N) is 2. The smallest absolute Gasteiger partial charge is 0.282 e. The van der Waals surface area contributed by atoms with Crippen molar-refractivity contribution in [1.29, 1.82) is 0 Å². The first-order valence-electron chi connectivity index (χ1n) is 7.95. The standard InChI is InChI=1S/C18H19N3O5/c1-26-12-4-11-19-17(22)13-7-9-14(10-8-13)20-18(23)15-5-2-3-6-16(15)21(24)25/h2-3,5-10H,4,11-12H2,1H3,(H,19,22)(H,20,23). The number of nitrogens with zero attached hydrogens (tertiary/aromatic N) is 1. The van der Waals surface area contributed by atoms with Crippen LogP contribution in [0.4, 0.5) is 11.4 Å². The molecule has 0 saturated carbocycles. The topological polar surface area (TPSA) is 111 Å². The van der Waals surface area contributed by atoms with E-state index >= 15 is 0 Å². The highest BCUT2D eigenvalue weighted by Gasteiger charge is 2.19. The molecule has 2 aromatic rings. The number of ether oxygens (including phenoxy) is 1. The van der Waals surface area contributed by atoms with Gasteiger partial charge >= 0.3 is 0 Å². The largest absolute Gasteiger partial charge is 0.385 e. The Morgan fingerprint density at radius 2 is 1.77 bits per heavy atom. The molecule has 0 unspecified atom stereocenters. The minimum absolute atomic E-state index is 0.0301. The summed E-state index contributed by atoms with van der Waals surface area (Å²) in [4.78, 5) is 34.6. The van der Waals surface area contributed by atoms with Gasteiger partial charge in [0.15, 0.2) is 0 Å². The number of anilines is 1. The number of hydrogen-bond donors (Lipinski definition) is 2. The monoisotopic (exact) mass is 357 g/mol. The number of rotatable bonds is 8. The number of hydrogen-bond acceptors (Lipinski definition) is 5. The number of carbonyl (C=O) groups is 2. The van der Waals surface area contributed by atoms with Crippen molar-refractivity contribution in [3.05, 3.63) is 69.8 Å². The van der Waals surface area contributed by atoms with Crippen LogP contribution in [0.3, 0.4) is 0 Å².